The molecule has 176 valence electrons. The highest BCUT2D eigenvalue weighted by atomic mass is 15.1. The van der Waals surface area contributed by atoms with Gasteiger partial charge >= 0.3 is 0 Å². The van der Waals surface area contributed by atoms with Gasteiger partial charge in [0.05, 0.1) is 22.7 Å². The summed E-state index contributed by atoms with van der Waals surface area (Å²) in [5.41, 5.74) is 5.96. The number of aryl methyl sites for hydroxylation is 1. The number of hydrogen-bond acceptors (Lipinski definition) is 5. The third-order valence-corrected chi connectivity index (χ3v) is 6.24. The number of azo groups is 2. The zero-order valence-corrected chi connectivity index (χ0v) is 20.2. The lowest BCUT2D eigenvalue weighted by atomic mass is 10.1. The Morgan fingerprint density at radius 2 is 1.00 bits per heavy atom. The summed E-state index contributed by atoms with van der Waals surface area (Å²) in [6.07, 6.45) is 10.2. The van der Waals surface area contributed by atoms with Crippen LogP contribution in [0.4, 0.5) is 28.4 Å². The Labute approximate surface area is 203 Å². The molecule has 0 atom stereocenters. The Bertz CT molecular complexity index is 1050. The Balaban J connectivity index is 1.26. The van der Waals surface area contributed by atoms with Gasteiger partial charge in [-0.3, -0.25) is 0 Å². The molecule has 1 fully saturated rings. The Hall–Kier alpha value is -3.34. The van der Waals surface area contributed by atoms with Gasteiger partial charge in [0.1, 0.15) is 0 Å². The van der Waals surface area contributed by atoms with Crippen molar-refractivity contribution < 1.29 is 0 Å². The zero-order valence-electron chi connectivity index (χ0n) is 20.2. The van der Waals surface area contributed by atoms with Gasteiger partial charge in [-0.25, -0.2) is 0 Å². The van der Waals surface area contributed by atoms with Crippen molar-refractivity contribution in [1.29, 1.82) is 0 Å². The Morgan fingerprint density at radius 3 is 1.50 bits per heavy atom. The smallest absolute Gasteiger partial charge is 0.0858 e. The van der Waals surface area contributed by atoms with Crippen LogP contribution in [0.3, 0.4) is 0 Å². The number of nitrogens with zero attached hydrogens (tertiary/aromatic N) is 5. The first-order valence-corrected chi connectivity index (χ1v) is 12.7. The minimum Gasteiger partial charge on any atom is -0.372 e. The van der Waals surface area contributed by atoms with E-state index < -0.39 is 0 Å². The van der Waals surface area contributed by atoms with Crippen LogP contribution in [0.1, 0.15) is 57.4 Å². The van der Waals surface area contributed by atoms with Crippen LogP contribution in [0, 0.1) is 0 Å². The van der Waals surface area contributed by atoms with Crippen molar-refractivity contribution in [3.05, 3.63) is 78.4 Å². The van der Waals surface area contributed by atoms with Gasteiger partial charge in [-0.05, 0) is 91.9 Å². The second-order valence-corrected chi connectivity index (χ2v) is 8.96. The molecule has 0 bridgehead atoms. The summed E-state index contributed by atoms with van der Waals surface area (Å²) in [4.78, 5) is 2.41. The molecule has 0 radical (unpaired) electrons. The highest BCUT2D eigenvalue weighted by Gasteiger charge is 2.11. The lowest BCUT2D eigenvalue weighted by molar-refractivity contribution is 0.632. The van der Waals surface area contributed by atoms with Crippen LogP contribution in [-0.4, -0.2) is 13.1 Å². The van der Waals surface area contributed by atoms with E-state index in [2.05, 4.69) is 56.5 Å². The molecule has 0 saturated carbocycles. The molecule has 0 aliphatic carbocycles. The normalized spacial score (nSPS) is 14.0. The summed E-state index contributed by atoms with van der Waals surface area (Å²) >= 11 is 0. The number of rotatable bonds is 11. The van der Waals surface area contributed by atoms with Crippen LogP contribution >= 0.6 is 0 Å². The van der Waals surface area contributed by atoms with E-state index in [-0.39, 0.29) is 0 Å². The monoisotopic (exact) mass is 453 g/mol. The highest BCUT2D eigenvalue weighted by molar-refractivity contribution is 5.54. The van der Waals surface area contributed by atoms with E-state index in [1.54, 1.807) is 0 Å². The molecule has 0 spiro atoms. The molecule has 5 heteroatoms. The summed E-state index contributed by atoms with van der Waals surface area (Å²) in [6.45, 7) is 4.55. The predicted molar refractivity (Wildman–Crippen MR) is 142 cm³/mol. The first-order chi connectivity index (χ1) is 16.8. The van der Waals surface area contributed by atoms with Gasteiger partial charge in [0, 0.05) is 18.8 Å². The molecule has 34 heavy (non-hydrogen) atoms. The predicted octanol–water partition coefficient (Wildman–Crippen LogP) is 9.63. The minimum atomic E-state index is 0.797. The molecule has 0 aromatic heterocycles. The number of hydrogen-bond donors (Lipinski definition) is 0. The topological polar surface area (TPSA) is 52.7 Å². The van der Waals surface area contributed by atoms with E-state index in [0.717, 1.165) is 42.3 Å². The van der Waals surface area contributed by atoms with Gasteiger partial charge in [0.25, 0.3) is 0 Å². The summed E-state index contributed by atoms with van der Waals surface area (Å²) < 4.78 is 0. The van der Waals surface area contributed by atoms with Gasteiger partial charge in [0.2, 0.25) is 0 Å². The molecule has 1 aliphatic heterocycles. The van der Waals surface area contributed by atoms with Gasteiger partial charge < -0.3 is 4.90 Å². The largest absolute Gasteiger partial charge is 0.372 e. The number of anilines is 1. The van der Waals surface area contributed by atoms with Crippen LogP contribution < -0.4 is 4.90 Å². The van der Waals surface area contributed by atoms with E-state index in [0.29, 0.717) is 0 Å². The van der Waals surface area contributed by atoms with Crippen LogP contribution in [0.2, 0.25) is 0 Å². The van der Waals surface area contributed by atoms with Gasteiger partial charge in [-0.15, -0.1) is 0 Å². The standard InChI is InChI=1S/C29H35N5/c1-2-3-4-5-6-9-24-10-12-25(13-11-24)30-31-26-14-16-27(17-15-26)32-33-28-18-20-29(21-19-28)34-22-7-8-23-34/h10-21H,2-9,22-23H2,1H3/b31-30+,33-32+. The molecule has 5 nitrogen and oxygen atoms in total. The van der Waals surface area contributed by atoms with E-state index in [9.17, 15) is 0 Å². The van der Waals surface area contributed by atoms with Crippen molar-refractivity contribution in [2.45, 2.75) is 58.3 Å². The third-order valence-electron chi connectivity index (χ3n) is 6.24. The van der Waals surface area contributed by atoms with Crippen molar-refractivity contribution in [3.8, 4) is 0 Å². The molecular formula is C29H35N5. The fourth-order valence-corrected chi connectivity index (χ4v) is 4.18. The molecule has 0 N–H and O–H groups in total. The zero-order chi connectivity index (χ0) is 23.4. The molecule has 0 unspecified atom stereocenters. The van der Waals surface area contributed by atoms with Crippen LogP contribution in [0.5, 0.6) is 0 Å². The Kier molecular flexibility index (Phi) is 8.95. The molecule has 0 amide bonds. The lowest BCUT2D eigenvalue weighted by Gasteiger charge is -2.17. The quantitative estimate of drug-likeness (QED) is 0.210. The highest BCUT2D eigenvalue weighted by Crippen LogP contribution is 2.26. The van der Waals surface area contributed by atoms with Gasteiger partial charge in [0.15, 0.2) is 0 Å². The summed E-state index contributed by atoms with van der Waals surface area (Å²) in [5.74, 6) is 0. The van der Waals surface area contributed by atoms with Crippen LogP contribution in [0.25, 0.3) is 0 Å². The molecule has 4 rings (SSSR count). The summed E-state index contributed by atoms with van der Waals surface area (Å²) in [5, 5.41) is 17.4. The van der Waals surface area contributed by atoms with Crippen LogP contribution in [0.15, 0.2) is 93.3 Å². The summed E-state index contributed by atoms with van der Waals surface area (Å²) in [6, 6.07) is 24.4. The summed E-state index contributed by atoms with van der Waals surface area (Å²) in [7, 11) is 0. The molecule has 3 aromatic rings. The van der Waals surface area contributed by atoms with Crippen molar-refractivity contribution in [3.63, 3.8) is 0 Å². The van der Waals surface area contributed by atoms with Crippen LogP contribution in [-0.2, 0) is 6.42 Å². The number of unbranched alkanes of at least 4 members (excludes halogenated alkanes) is 4. The molecule has 3 aromatic carbocycles. The van der Waals surface area contributed by atoms with Crippen molar-refractivity contribution in [1.82, 2.24) is 0 Å². The average Bonchev–Trinajstić information content (AvgIpc) is 3.43. The fourth-order valence-electron chi connectivity index (χ4n) is 4.18. The molecule has 1 aliphatic rings. The second-order valence-electron chi connectivity index (χ2n) is 8.96. The van der Waals surface area contributed by atoms with E-state index >= 15 is 0 Å². The maximum atomic E-state index is 4.37. The lowest BCUT2D eigenvalue weighted by Crippen LogP contribution is -2.17. The third kappa shape index (κ3) is 7.34. The fraction of sp³-hybridized carbons (Fsp3) is 0.379. The number of benzene rings is 3. The van der Waals surface area contributed by atoms with Crippen molar-refractivity contribution in [2.75, 3.05) is 18.0 Å². The van der Waals surface area contributed by atoms with E-state index in [1.807, 2.05) is 48.5 Å². The van der Waals surface area contributed by atoms with E-state index in [1.165, 1.54) is 56.2 Å². The van der Waals surface area contributed by atoms with Crippen molar-refractivity contribution in [2.24, 2.45) is 20.5 Å². The molecule has 1 heterocycles. The first-order valence-electron chi connectivity index (χ1n) is 12.7. The van der Waals surface area contributed by atoms with Gasteiger partial charge in [-0.2, -0.15) is 20.5 Å². The minimum absolute atomic E-state index is 0.797. The second kappa shape index (κ2) is 12.8. The average molecular weight is 454 g/mol. The molecular weight excluding hydrogens is 418 g/mol. The Morgan fingerprint density at radius 1 is 0.559 bits per heavy atom. The molecule has 1 saturated heterocycles. The van der Waals surface area contributed by atoms with Gasteiger partial charge in [-0.1, -0.05) is 44.7 Å². The first kappa shape index (κ1) is 23.8. The van der Waals surface area contributed by atoms with Crippen molar-refractivity contribution >= 4 is 28.4 Å². The maximum absolute atomic E-state index is 4.37. The van der Waals surface area contributed by atoms with E-state index in [4.69, 9.17) is 0 Å². The maximum Gasteiger partial charge on any atom is 0.0858 e. The SMILES string of the molecule is CCCCCCCc1ccc(/N=N/c2ccc(/N=N/c3ccc(N4CCCC4)cc3)cc2)cc1.